The van der Waals surface area contributed by atoms with Gasteiger partial charge in [0.05, 0.1) is 5.75 Å². The molecule has 7 heteroatoms. The highest BCUT2D eigenvalue weighted by molar-refractivity contribution is 7.90. The van der Waals surface area contributed by atoms with Gasteiger partial charge in [-0.2, -0.15) is 9.36 Å². The number of sulfone groups is 1. The molecule has 0 saturated carbocycles. The molecular formula is C10H11N3O2S2. The lowest BCUT2D eigenvalue weighted by molar-refractivity contribution is 0.588. The Morgan fingerprint density at radius 1 is 1.35 bits per heavy atom. The van der Waals surface area contributed by atoms with Gasteiger partial charge in [-0.05, 0) is 18.1 Å². The molecule has 0 radical (unpaired) electrons. The smallest absolute Gasteiger partial charge is 0.261 e. The van der Waals surface area contributed by atoms with Crippen molar-refractivity contribution in [2.24, 2.45) is 0 Å². The molecule has 0 saturated heterocycles. The first-order chi connectivity index (χ1) is 7.99. The number of nitrogens with zero attached hydrogens (tertiary/aromatic N) is 2. The van der Waals surface area contributed by atoms with Gasteiger partial charge in [-0.1, -0.05) is 24.3 Å². The van der Waals surface area contributed by atoms with Crippen molar-refractivity contribution < 1.29 is 8.42 Å². The van der Waals surface area contributed by atoms with Gasteiger partial charge in [0, 0.05) is 11.5 Å². The van der Waals surface area contributed by atoms with E-state index in [9.17, 15) is 8.42 Å². The summed E-state index contributed by atoms with van der Waals surface area (Å²) in [7, 11) is -3.51. The van der Waals surface area contributed by atoms with Gasteiger partial charge in [-0.25, -0.2) is 8.42 Å². The van der Waals surface area contributed by atoms with Crippen molar-refractivity contribution in [1.29, 1.82) is 0 Å². The molecule has 0 aliphatic rings. The zero-order valence-corrected chi connectivity index (χ0v) is 10.8. The third kappa shape index (κ3) is 2.62. The maximum absolute atomic E-state index is 12.0. The second-order valence-electron chi connectivity index (χ2n) is 3.60. The van der Waals surface area contributed by atoms with Gasteiger partial charge in [0.15, 0.2) is 0 Å². The summed E-state index contributed by atoms with van der Waals surface area (Å²) in [4.78, 5) is 3.71. The van der Waals surface area contributed by atoms with Crippen molar-refractivity contribution in [2.75, 3.05) is 5.73 Å². The Morgan fingerprint density at radius 3 is 2.65 bits per heavy atom. The topological polar surface area (TPSA) is 85.9 Å². The SMILES string of the molecule is Cc1ccccc1CS(=O)(=O)c1nsc(N)n1. The van der Waals surface area contributed by atoms with Crippen LogP contribution in [-0.2, 0) is 15.6 Å². The summed E-state index contributed by atoms with van der Waals surface area (Å²) in [6.45, 7) is 1.87. The highest BCUT2D eigenvalue weighted by atomic mass is 32.2. The molecule has 0 aliphatic carbocycles. The van der Waals surface area contributed by atoms with E-state index in [2.05, 4.69) is 9.36 Å². The Labute approximate surface area is 103 Å². The molecule has 2 aromatic rings. The molecule has 0 atom stereocenters. The molecule has 0 spiro atoms. The number of nitrogens with two attached hydrogens (primary N) is 1. The lowest BCUT2D eigenvalue weighted by Gasteiger charge is -2.04. The Hall–Kier alpha value is -1.47. The largest absolute Gasteiger partial charge is 0.374 e. The summed E-state index contributed by atoms with van der Waals surface area (Å²) < 4.78 is 27.7. The number of hydrogen-bond donors (Lipinski definition) is 1. The summed E-state index contributed by atoms with van der Waals surface area (Å²) in [5, 5.41) is -0.0309. The second-order valence-corrected chi connectivity index (χ2v) is 6.27. The van der Waals surface area contributed by atoms with Gasteiger partial charge in [-0.15, -0.1) is 0 Å². The van der Waals surface area contributed by atoms with Crippen molar-refractivity contribution in [2.45, 2.75) is 17.8 Å². The minimum Gasteiger partial charge on any atom is -0.374 e. The van der Waals surface area contributed by atoms with Gasteiger partial charge < -0.3 is 5.73 Å². The molecule has 17 heavy (non-hydrogen) atoms. The van der Waals surface area contributed by atoms with Crippen LogP contribution in [0.15, 0.2) is 29.4 Å². The quantitative estimate of drug-likeness (QED) is 0.910. The van der Waals surface area contributed by atoms with Crippen LogP contribution < -0.4 is 5.73 Å². The van der Waals surface area contributed by atoms with E-state index < -0.39 is 9.84 Å². The van der Waals surface area contributed by atoms with E-state index in [1.165, 1.54) is 0 Å². The van der Waals surface area contributed by atoms with Gasteiger partial charge in [0.25, 0.3) is 5.16 Å². The minimum atomic E-state index is -3.51. The Bertz CT molecular complexity index is 635. The third-order valence-corrected chi connectivity index (χ3v) is 4.40. The van der Waals surface area contributed by atoms with Crippen LogP contribution >= 0.6 is 11.5 Å². The molecule has 2 N–H and O–H groups in total. The maximum Gasteiger partial charge on any atom is 0.261 e. The van der Waals surface area contributed by atoms with Crippen molar-refractivity contribution in [3.63, 3.8) is 0 Å². The predicted molar refractivity (Wildman–Crippen MR) is 66.4 cm³/mol. The maximum atomic E-state index is 12.0. The number of rotatable bonds is 3. The zero-order chi connectivity index (χ0) is 12.5. The monoisotopic (exact) mass is 269 g/mol. The van der Waals surface area contributed by atoms with Crippen molar-refractivity contribution >= 4 is 26.5 Å². The van der Waals surface area contributed by atoms with Crippen LogP contribution in [0.3, 0.4) is 0 Å². The normalized spacial score (nSPS) is 11.6. The van der Waals surface area contributed by atoms with E-state index in [1.807, 2.05) is 19.1 Å². The molecule has 5 nitrogen and oxygen atoms in total. The number of aryl methyl sites for hydroxylation is 1. The van der Waals surface area contributed by atoms with Crippen LogP contribution in [0.2, 0.25) is 0 Å². The number of hydrogen-bond acceptors (Lipinski definition) is 6. The molecule has 0 amide bonds. The summed E-state index contributed by atoms with van der Waals surface area (Å²) >= 11 is 0.884. The third-order valence-electron chi connectivity index (χ3n) is 2.31. The first kappa shape index (κ1) is 12.0. The fraction of sp³-hybridized carbons (Fsp3) is 0.200. The molecular weight excluding hydrogens is 258 g/mol. The Balaban J connectivity index is 2.33. The molecule has 0 unspecified atom stereocenters. The van der Waals surface area contributed by atoms with Crippen molar-refractivity contribution in [3.8, 4) is 0 Å². The van der Waals surface area contributed by atoms with Gasteiger partial charge in [-0.3, -0.25) is 0 Å². The average Bonchev–Trinajstić information content (AvgIpc) is 2.69. The molecule has 1 aromatic heterocycles. The minimum absolute atomic E-state index is 0.101. The summed E-state index contributed by atoms with van der Waals surface area (Å²) in [6, 6.07) is 7.32. The molecule has 1 heterocycles. The van der Waals surface area contributed by atoms with Gasteiger partial charge in [0.1, 0.15) is 0 Å². The average molecular weight is 269 g/mol. The first-order valence-electron chi connectivity index (χ1n) is 4.85. The van der Waals surface area contributed by atoms with Gasteiger partial charge >= 0.3 is 0 Å². The number of benzene rings is 1. The molecule has 2 rings (SSSR count). The van der Waals surface area contributed by atoms with Crippen molar-refractivity contribution in [1.82, 2.24) is 9.36 Å². The van der Waals surface area contributed by atoms with E-state index >= 15 is 0 Å². The van der Waals surface area contributed by atoms with Crippen LogP contribution in [0, 0.1) is 6.92 Å². The predicted octanol–water partition coefficient (Wildman–Crippen LogP) is 1.40. The highest BCUT2D eigenvalue weighted by Gasteiger charge is 2.21. The highest BCUT2D eigenvalue weighted by Crippen LogP contribution is 2.18. The zero-order valence-electron chi connectivity index (χ0n) is 9.12. The summed E-state index contributed by atoms with van der Waals surface area (Å²) in [5.41, 5.74) is 7.06. The fourth-order valence-electron chi connectivity index (χ4n) is 1.39. The Morgan fingerprint density at radius 2 is 2.06 bits per heavy atom. The van der Waals surface area contributed by atoms with Gasteiger partial charge in [0.2, 0.25) is 15.0 Å². The summed E-state index contributed by atoms with van der Waals surface area (Å²) in [5.74, 6) is -0.101. The summed E-state index contributed by atoms with van der Waals surface area (Å²) in [6.07, 6.45) is 0. The fourth-order valence-corrected chi connectivity index (χ4v) is 3.45. The first-order valence-corrected chi connectivity index (χ1v) is 7.28. The lowest BCUT2D eigenvalue weighted by Crippen LogP contribution is -2.08. The number of anilines is 1. The molecule has 1 aromatic carbocycles. The van der Waals surface area contributed by atoms with Crippen molar-refractivity contribution in [3.05, 3.63) is 35.4 Å². The van der Waals surface area contributed by atoms with Crippen LogP contribution in [0.4, 0.5) is 5.13 Å². The molecule has 0 fully saturated rings. The number of nitrogen functional groups attached to an aromatic ring is 1. The van der Waals surface area contributed by atoms with Crippen LogP contribution in [-0.4, -0.2) is 17.8 Å². The molecule has 0 aliphatic heterocycles. The van der Waals surface area contributed by atoms with E-state index in [4.69, 9.17) is 5.73 Å². The molecule has 90 valence electrons. The van der Waals surface area contributed by atoms with Crippen LogP contribution in [0.1, 0.15) is 11.1 Å². The Kier molecular flexibility index (Phi) is 3.12. The van der Waals surface area contributed by atoms with E-state index in [1.54, 1.807) is 12.1 Å². The second kappa shape index (κ2) is 4.42. The standard InChI is InChI=1S/C10H11N3O2S2/c1-7-4-2-3-5-8(7)6-17(14,15)10-12-9(11)16-13-10/h2-5H,6H2,1H3,(H2,11,12,13). The lowest BCUT2D eigenvalue weighted by atomic mass is 10.1. The van der Waals surface area contributed by atoms with E-state index in [0.29, 0.717) is 0 Å². The number of aromatic nitrogens is 2. The van der Waals surface area contributed by atoms with Crippen LogP contribution in [0.5, 0.6) is 0 Å². The van der Waals surface area contributed by atoms with E-state index in [-0.39, 0.29) is 16.0 Å². The van der Waals surface area contributed by atoms with Crippen LogP contribution in [0.25, 0.3) is 0 Å². The molecule has 0 bridgehead atoms. The van der Waals surface area contributed by atoms with E-state index in [0.717, 1.165) is 22.7 Å².